The number of nitrogen functional groups attached to an aromatic ring is 2. The summed E-state index contributed by atoms with van der Waals surface area (Å²) in [4.78, 5) is 14.9. The number of rotatable bonds is 16. The Morgan fingerprint density at radius 1 is 0.892 bits per heavy atom. The number of hydrogen-bond donors (Lipinski definition) is 2. The number of aryl methyl sites for hydroxylation is 1. The van der Waals surface area contributed by atoms with E-state index in [9.17, 15) is 0 Å². The molecule has 4 N–H and O–H groups in total. The van der Waals surface area contributed by atoms with Gasteiger partial charge >= 0.3 is 0 Å². The number of thioether (sulfide) groups is 1. The van der Waals surface area contributed by atoms with E-state index < -0.39 is 0 Å². The highest BCUT2D eigenvalue weighted by atomic mass is 32.2. The molecule has 0 spiro atoms. The van der Waals surface area contributed by atoms with Crippen LogP contribution >= 0.6 is 23.1 Å². The molecule has 37 heavy (non-hydrogen) atoms. The molecule has 3 aromatic rings. The lowest BCUT2D eigenvalue weighted by Gasteiger charge is -2.12. The molecule has 11 heteroatoms. The Morgan fingerprint density at radius 3 is 2.27 bits per heavy atom. The Balaban J connectivity index is 1.72. The fourth-order valence-electron chi connectivity index (χ4n) is 3.54. The summed E-state index contributed by atoms with van der Waals surface area (Å²) in [5.41, 5.74) is 13.7. The second kappa shape index (κ2) is 15.0. The number of benzene rings is 1. The van der Waals surface area contributed by atoms with E-state index in [1.807, 2.05) is 18.2 Å². The van der Waals surface area contributed by atoms with Crippen LogP contribution in [0, 0.1) is 0 Å². The predicted octanol–water partition coefficient (Wildman–Crippen LogP) is 5.40. The summed E-state index contributed by atoms with van der Waals surface area (Å²) >= 11 is 3.20. The van der Waals surface area contributed by atoms with Crippen molar-refractivity contribution < 1.29 is 18.9 Å². The molecule has 0 aliphatic carbocycles. The Kier molecular flexibility index (Phi) is 11.7. The van der Waals surface area contributed by atoms with Gasteiger partial charge in [0.05, 0.1) is 37.9 Å². The number of aromatic nitrogens is 3. The van der Waals surface area contributed by atoms with Crippen LogP contribution in [0.5, 0.6) is 11.5 Å². The summed E-state index contributed by atoms with van der Waals surface area (Å²) in [7, 11) is 1.63. The summed E-state index contributed by atoms with van der Waals surface area (Å²) in [6.07, 6.45) is 2.97. The van der Waals surface area contributed by atoms with Crippen molar-refractivity contribution in [3.8, 4) is 22.1 Å². The van der Waals surface area contributed by atoms with Crippen molar-refractivity contribution in [2.45, 2.75) is 50.4 Å². The van der Waals surface area contributed by atoms with Gasteiger partial charge in [-0.05, 0) is 38.0 Å². The summed E-state index contributed by atoms with van der Waals surface area (Å²) in [6.45, 7) is 9.12. The van der Waals surface area contributed by atoms with E-state index in [-0.39, 0.29) is 5.25 Å². The highest BCUT2D eigenvalue weighted by molar-refractivity contribution is 7.99. The lowest BCUT2D eigenvalue weighted by atomic mass is 10.2. The SMILES string of the molecule is CCCOCCOCCOc1cc(-c2nc(C(C)Sc3nc(N)cc(N)n3)c(CCC)s2)ccc1OC. The molecule has 2 heterocycles. The average molecular weight is 548 g/mol. The van der Waals surface area contributed by atoms with E-state index in [2.05, 4.69) is 30.7 Å². The van der Waals surface area contributed by atoms with Gasteiger partial charge in [0.25, 0.3) is 0 Å². The minimum Gasteiger partial charge on any atom is -0.493 e. The summed E-state index contributed by atoms with van der Waals surface area (Å²) < 4.78 is 22.5. The fraction of sp³-hybridized carbons (Fsp3) is 0.500. The fourth-order valence-corrected chi connectivity index (χ4v) is 5.81. The molecule has 0 radical (unpaired) electrons. The van der Waals surface area contributed by atoms with E-state index in [0.717, 1.165) is 42.1 Å². The molecule has 0 aliphatic heterocycles. The Morgan fingerprint density at radius 2 is 1.59 bits per heavy atom. The van der Waals surface area contributed by atoms with Crippen LogP contribution in [0.1, 0.15) is 49.4 Å². The first kappa shape index (κ1) is 29.0. The molecule has 1 atom stereocenters. The van der Waals surface area contributed by atoms with Gasteiger partial charge in [0.2, 0.25) is 0 Å². The third kappa shape index (κ3) is 8.74. The first-order valence-electron chi connectivity index (χ1n) is 12.5. The number of nitrogens with two attached hydrogens (primary N) is 2. The van der Waals surface area contributed by atoms with Gasteiger partial charge in [-0.1, -0.05) is 32.0 Å². The third-order valence-electron chi connectivity index (χ3n) is 5.23. The van der Waals surface area contributed by atoms with Crippen molar-refractivity contribution in [3.63, 3.8) is 0 Å². The summed E-state index contributed by atoms with van der Waals surface area (Å²) in [5, 5.41) is 1.50. The highest BCUT2D eigenvalue weighted by Crippen LogP contribution is 2.41. The molecule has 2 aromatic heterocycles. The minimum absolute atomic E-state index is 0.0279. The molecule has 0 bridgehead atoms. The average Bonchev–Trinajstić information content (AvgIpc) is 3.29. The van der Waals surface area contributed by atoms with Crippen molar-refractivity contribution in [3.05, 3.63) is 34.8 Å². The number of ether oxygens (including phenoxy) is 4. The molecule has 0 aliphatic rings. The van der Waals surface area contributed by atoms with E-state index in [1.165, 1.54) is 16.6 Å². The number of thiazole rings is 1. The number of hydrogen-bond acceptors (Lipinski definition) is 11. The van der Waals surface area contributed by atoms with Crippen LogP contribution in [0.25, 0.3) is 10.6 Å². The van der Waals surface area contributed by atoms with Crippen molar-refractivity contribution >= 4 is 34.7 Å². The van der Waals surface area contributed by atoms with Crippen LogP contribution < -0.4 is 20.9 Å². The van der Waals surface area contributed by atoms with Crippen molar-refractivity contribution in [2.24, 2.45) is 0 Å². The van der Waals surface area contributed by atoms with E-state index in [0.29, 0.717) is 54.7 Å². The number of anilines is 2. The van der Waals surface area contributed by atoms with Gasteiger partial charge < -0.3 is 30.4 Å². The Hall–Kier alpha value is -2.60. The molecule has 202 valence electrons. The normalized spacial score (nSPS) is 12.0. The van der Waals surface area contributed by atoms with Crippen LogP contribution in [0.15, 0.2) is 29.4 Å². The van der Waals surface area contributed by atoms with Gasteiger partial charge in [-0.2, -0.15) is 0 Å². The van der Waals surface area contributed by atoms with Gasteiger partial charge in [0, 0.05) is 23.1 Å². The maximum atomic E-state index is 5.99. The van der Waals surface area contributed by atoms with Crippen LogP contribution in [0.4, 0.5) is 11.6 Å². The zero-order valence-electron chi connectivity index (χ0n) is 22.0. The first-order chi connectivity index (χ1) is 17.9. The maximum absolute atomic E-state index is 5.99. The van der Waals surface area contributed by atoms with Gasteiger partial charge in [0.1, 0.15) is 23.3 Å². The summed E-state index contributed by atoms with van der Waals surface area (Å²) in [6, 6.07) is 7.44. The molecule has 0 saturated carbocycles. The van der Waals surface area contributed by atoms with Gasteiger partial charge in [-0.3, -0.25) is 0 Å². The second-order valence-corrected chi connectivity index (χ2v) is 10.7. The number of methoxy groups -OCH3 is 1. The molecule has 3 rings (SSSR count). The van der Waals surface area contributed by atoms with Gasteiger partial charge in [-0.25, -0.2) is 15.0 Å². The Bertz CT molecular complexity index is 1110. The maximum Gasteiger partial charge on any atom is 0.192 e. The monoisotopic (exact) mass is 547 g/mol. The minimum atomic E-state index is 0.0279. The largest absolute Gasteiger partial charge is 0.493 e. The lowest BCUT2D eigenvalue weighted by molar-refractivity contribution is 0.0363. The molecule has 0 saturated heterocycles. The van der Waals surface area contributed by atoms with Crippen LogP contribution in [-0.4, -0.2) is 55.1 Å². The summed E-state index contributed by atoms with van der Waals surface area (Å²) in [5.74, 6) is 2.04. The zero-order valence-corrected chi connectivity index (χ0v) is 23.6. The predicted molar refractivity (Wildman–Crippen MR) is 151 cm³/mol. The van der Waals surface area contributed by atoms with Crippen LogP contribution in [0.2, 0.25) is 0 Å². The quantitative estimate of drug-likeness (QED) is 0.137. The highest BCUT2D eigenvalue weighted by Gasteiger charge is 2.21. The van der Waals surface area contributed by atoms with Crippen LogP contribution in [0.3, 0.4) is 0 Å². The first-order valence-corrected chi connectivity index (χ1v) is 14.2. The smallest absolute Gasteiger partial charge is 0.192 e. The van der Waals surface area contributed by atoms with E-state index >= 15 is 0 Å². The molecule has 0 amide bonds. The molecular formula is C26H37N5O4S2. The topological polar surface area (TPSA) is 128 Å². The van der Waals surface area contributed by atoms with Crippen molar-refractivity contribution in [1.29, 1.82) is 0 Å². The van der Waals surface area contributed by atoms with Gasteiger partial charge in [0.15, 0.2) is 16.7 Å². The molecule has 0 fully saturated rings. The van der Waals surface area contributed by atoms with E-state index in [1.54, 1.807) is 24.5 Å². The molecule has 1 unspecified atom stereocenters. The standard InChI is InChI=1S/C26H37N5O4S2/c1-5-7-21-24(17(3)36-26-29-22(27)16-23(28)30-26)31-25(37-21)18-8-9-19(32-4)20(15-18)35-14-13-34-12-11-33-10-6-2/h8-9,15-17H,5-7,10-14H2,1-4H3,(H4,27,28,29,30). The van der Waals surface area contributed by atoms with Gasteiger partial charge in [-0.15, -0.1) is 11.3 Å². The van der Waals surface area contributed by atoms with Crippen LogP contribution in [-0.2, 0) is 15.9 Å². The molecule has 9 nitrogen and oxygen atoms in total. The lowest BCUT2D eigenvalue weighted by Crippen LogP contribution is -2.11. The molecule has 1 aromatic carbocycles. The Labute approximate surface area is 227 Å². The van der Waals surface area contributed by atoms with Crippen molar-refractivity contribution in [1.82, 2.24) is 15.0 Å². The second-order valence-electron chi connectivity index (χ2n) is 8.28. The van der Waals surface area contributed by atoms with Crippen molar-refractivity contribution in [2.75, 3.05) is 51.6 Å². The zero-order chi connectivity index (χ0) is 26.6. The third-order valence-corrected chi connectivity index (χ3v) is 7.38. The van der Waals surface area contributed by atoms with E-state index in [4.69, 9.17) is 35.4 Å². The number of nitrogens with zero attached hydrogens (tertiary/aromatic N) is 3. The molecular weight excluding hydrogens is 510 g/mol.